The van der Waals surface area contributed by atoms with Gasteiger partial charge in [0, 0.05) is 38.2 Å². The molecule has 0 saturated heterocycles. The molecule has 0 aliphatic heterocycles. The van der Waals surface area contributed by atoms with Gasteiger partial charge in [-0.1, -0.05) is 108 Å². The summed E-state index contributed by atoms with van der Waals surface area (Å²) in [6.07, 6.45) is 0. The fraction of sp³-hybridized carbons (Fsp3) is 0. The van der Waals surface area contributed by atoms with Crippen molar-refractivity contribution in [2.75, 3.05) is 0 Å². The molecule has 0 N–H and O–H groups in total. The average Bonchev–Trinajstić information content (AvgIpc) is 3.80. The van der Waals surface area contributed by atoms with E-state index in [1.54, 1.807) is 0 Å². The highest BCUT2D eigenvalue weighted by atomic mass is 16.3. The topological polar surface area (TPSA) is 65.0 Å². The predicted octanol–water partition coefficient (Wildman–Crippen LogP) is 3.30. The lowest BCUT2D eigenvalue weighted by atomic mass is 9.60. The van der Waals surface area contributed by atoms with Crippen molar-refractivity contribution in [2.24, 2.45) is 0 Å². The molecular weight excluding hydrogens is 669 g/mol. The number of nitrogens with zero attached hydrogens (tertiary/aromatic N) is 3. The molecule has 0 bridgehead atoms. The molecule has 254 valence electrons. The number of benzene rings is 7. The highest BCUT2D eigenvalue weighted by Gasteiger charge is 2.21. The fourth-order valence-corrected chi connectivity index (χ4v) is 8.11. The van der Waals surface area contributed by atoms with E-state index in [1.165, 1.54) is 32.9 Å². The molecule has 0 spiro atoms. The lowest BCUT2D eigenvalue weighted by Gasteiger charge is -2.20. The summed E-state index contributed by atoms with van der Waals surface area (Å²) in [7, 11) is 10.9. The van der Waals surface area contributed by atoms with Crippen LogP contribution in [0.1, 0.15) is 0 Å². The van der Waals surface area contributed by atoms with E-state index in [1.807, 2.05) is 30.3 Å². The van der Waals surface area contributed by atoms with Gasteiger partial charge >= 0.3 is 0 Å². The standard InChI is InChI=1S/C45H32B5N3O2/c46-38-37(39(47)41(49)42(50)40(38)48)45-52-43(25-15-13-24(14-16-25)23-7-2-1-3-8-23)51-44(53-45)29-10-6-12-35-36(29)31-22-27(18-20-34(31)55-35)26-17-19-33-30(21-26)28-9-4-5-11-32(28)54-33/h1-22H,46-50H2. The largest absolute Gasteiger partial charge is 0.456 e. The molecule has 10 rings (SSSR count). The second kappa shape index (κ2) is 12.8. The monoisotopic (exact) mass is 701 g/mol. The lowest BCUT2D eigenvalue weighted by molar-refractivity contribution is 0.668. The SMILES string of the molecule is Bc1c(B)c(B)c(-c2nc(-c3ccc(-c4ccccc4)cc3)nc(-c3cccc4oc5ccc(-c6ccc7oc8ccccc8c7c6)cc5c34)n2)c(B)c1B. The Hall–Kier alpha value is -6.53. The van der Waals surface area contributed by atoms with E-state index in [0.29, 0.717) is 17.5 Å². The summed E-state index contributed by atoms with van der Waals surface area (Å²) in [4.78, 5) is 15.7. The molecule has 0 saturated carbocycles. The van der Waals surface area contributed by atoms with Gasteiger partial charge in [0.25, 0.3) is 0 Å². The van der Waals surface area contributed by atoms with E-state index in [9.17, 15) is 0 Å². The zero-order valence-corrected chi connectivity index (χ0v) is 31.4. The van der Waals surface area contributed by atoms with Crippen LogP contribution in [-0.4, -0.2) is 54.2 Å². The zero-order valence-electron chi connectivity index (χ0n) is 31.4. The van der Waals surface area contributed by atoms with Gasteiger partial charge in [0.15, 0.2) is 17.5 Å². The number of fused-ring (bicyclic) bond motifs is 6. The molecule has 3 aromatic heterocycles. The first-order valence-electron chi connectivity index (χ1n) is 18.7. The van der Waals surface area contributed by atoms with Crippen LogP contribution in [0.3, 0.4) is 0 Å². The minimum atomic E-state index is 0.604. The smallest absolute Gasteiger partial charge is 0.164 e. The maximum atomic E-state index is 6.50. The highest BCUT2D eigenvalue weighted by Crippen LogP contribution is 2.39. The molecule has 0 radical (unpaired) electrons. The molecule has 3 heterocycles. The van der Waals surface area contributed by atoms with Gasteiger partial charge in [-0.05, 0) is 58.7 Å². The van der Waals surface area contributed by atoms with Crippen molar-refractivity contribution in [3.63, 3.8) is 0 Å². The first kappa shape index (κ1) is 33.1. The molecule has 10 heteroatoms. The van der Waals surface area contributed by atoms with Crippen LogP contribution in [0.25, 0.3) is 100 Å². The quantitative estimate of drug-likeness (QED) is 0.258. The van der Waals surface area contributed by atoms with E-state index in [0.717, 1.165) is 77.3 Å². The van der Waals surface area contributed by atoms with Crippen LogP contribution in [-0.2, 0) is 0 Å². The molecule has 0 fully saturated rings. The highest BCUT2D eigenvalue weighted by molar-refractivity contribution is 6.68. The molecule has 7 aromatic carbocycles. The first-order chi connectivity index (χ1) is 26.8. The summed E-state index contributed by atoms with van der Waals surface area (Å²) in [5.74, 6) is 1.90. The number of furan rings is 2. The number of hydrogen-bond acceptors (Lipinski definition) is 5. The Morgan fingerprint density at radius 2 is 0.855 bits per heavy atom. The Morgan fingerprint density at radius 3 is 1.60 bits per heavy atom. The Balaban J connectivity index is 1.18. The van der Waals surface area contributed by atoms with Crippen molar-refractivity contribution in [1.29, 1.82) is 0 Å². The Kier molecular flexibility index (Phi) is 7.70. The van der Waals surface area contributed by atoms with Gasteiger partial charge in [-0.25, -0.2) is 15.0 Å². The third-order valence-corrected chi connectivity index (χ3v) is 11.6. The van der Waals surface area contributed by atoms with Crippen molar-refractivity contribution < 1.29 is 8.83 Å². The van der Waals surface area contributed by atoms with Gasteiger partial charge in [0.1, 0.15) is 61.6 Å². The molecule has 0 aliphatic carbocycles. The van der Waals surface area contributed by atoms with E-state index in [4.69, 9.17) is 23.8 Å². The molecular formula is C45H32B5N3O2. The number of rotatable bonds is 5. The van der Waals surface area contributed by atoms with Gasteiger partial charge in [-0.15, -0.1) is 16.4 Å². The maximum absolute atomic E-state index is 6.50. The van der Waals surface area contributed by atoms with E-state index in [2.05, 4.69) is 142 Å². The normalized spacial score (nSPS) is 11.6. The maximum Gasteiger partial charge on any atom is 0.164 e. The van der Waals surface area contributed by atoms with Crippen LogP contribution in [0.4, 0.5) is 0 Å². The van der Waals surface area contributed by atoms with Gasteiger partial charge in [-0.3, -0.25) is 0 Å². The van der Waals surface area contributed by atoms with Crippen molar-refractivity contribution in [2.45, 2.75) is 0 Å². The van der Waals surface area contributed by atoms with Gasteiger partial charge in [0.05, 0.1) is 0 Å². The third kappa shape index (κ3) is 5.43. The minimum absolute atomic E-state index is 0.604. The Morgan fingerprint density at radius 1 is 0.345 bits per heavy atom. The molecule has 55 heavy (non-hydrogen) atoms. The average molecular weight is 701 g/mol. The van der Waals surface area contributed by atoms with Gasteiger partial charge in [0.2, 0.25) is 0 Å². The van der Waals surface area contributed by atoms with Crippen LogP contribution < -0.4 is 27.3 Å². The second-order valence-corrected chi connectivity index (χ2v) is 14.6. The van der Waals surface area contributed by atoms with E-state index in [-0.39, 0.29) is 0 Å². The van der Waals surface area contributed by atoms with Crippen LogP contribution in [0.2, 0.25) is 0 Å². The molecule has 0 amide bonds. The summed E-state index contributed by atoms with van der Waals surface area (Å²) < 4.78 is 12.6. The fourth-order valence-electron chi connectivity index (χ4n) is 8.11. The van der Waals surface area contributed by atoms with Crippen LogP contribution in [0, 0.1) is 0 Å². The van der Waals surface area contributed by atoms with Crippen LogP contribution in [0.15, 0.2) is 142 Å². The lowest BCUT2D eigenvalue weighted by Crippen LogP contribution is -2.55. The van der Waals surface area contributed by atoms with Crippen molar-refractivity contribution in [3.05, 3.63) is 133 Å². The first-order valence-corrected chi connectivity index (χ1v) is 18.7. The van der Waals surface area contributed by atoms with Crippen molar-refractivity contribution in [3.8, 4) is 56.4 Å². The molecule has 0 atom stereocenters. The molecule has 0 aliphatic rings. The number of para-hydroxylation sites is 1. The van der Waals surface area contributed by atoms with Crippen LogP contribution >= 0.6 is 0 Å². The van der Waals surface area contributed by atoms with Crippen molar-refractivity contribution >= 4 is 110 Å². The molecule has 0 unspecified atom stereocenters. The summed E-state index contributed by atoms with van der Waals surface area (Å²) in [6.45, 7) is 0. The van der Waals surface area contributed by atoms with E-state index < -0.39 is 0 Å². The van der Waals surface area contributed by atoms with Gasteiger partial charge in [-0.2, -0.15) is 0 Å². The minimum Gasteiger partial charge on any atom is -0.456 e. The number of aromatic nitrogens is 3. The summed E-state index contributed by atoms with van der Waals surface area (Å²) in [5.41, 5.74) is 16.9. The van der Waals surface area contributed by atoms with Gasteiger partial charge < -0.3 is 8.83 Å². The van der Waals surface area contributed by atoms with E-state index >= 15 is 0 Å². The summed E-state index contributed by atoms with van der Waals surface area (Å²) >= 11 is 0. The van der Waals surface area contributed by atoms with Crippen LogP contribution in [0.5, 0.6) is 0 Å². The Labute approximate surface area is 322 Å². The third-order valence-electron chi connectivity index (χ3n) is 11.6. The zero-order chi connectivity index (χ0) is 37.4. The molecule has 5 nitrogen and oxygen atoms in total. The number of hydrogen-bond donors (Lipinski definition) is 0. The summed E-state index contributed by atoms with van der Waals surface area (Å²) in [6, 6.07) is 46.1. The predicted molar refractivity (Wildman–Crippen MR) is 242 cm³/mol. The molecule has 10 aromatic rings. The summed E-state index contributed by atoms with van der Waals surface area (Å²) in [5, 5.41) is 4.18. The second-order valence-electron chi connectivity index (χ2n) is 14.6. The Bertz CT molecular complexity index is 3130. The van der Waals surface area contributed by atoms with Crippen molar-refractivity contribution in [1.82, 2.24) is 15.0 Å².